The van der Waals surface area contributed by atoms with E-state index in [1.807, 2.05) is 37.3 Å². The third-order valence-electron chi connectivity index (χ3n) is 5.01. The van der Waals surface area contributed by atoms with E-state index >= 15 is 0 Å². The van der Waals surface area contributed by atoms with Crippen molar-refractivity contribution < 1.29 is 19.1 Å². The van der Waals surface area contributed by atoms with Crippen LogP contribution in [-0.2, 0) is 11.2 Å². The second-order valence-corrected chi connectivity index (χ2v) is 7.92. The maximum absolute atomic E-state index is 12.7. The Morgan fingerprint density at radius 3 is 2.31 bits per heavy atom. The Morgan fingerprint density at radius 1 is 0.857 bits per heavy atom. The molecule has 0 saturated carbocycles. The third kappa shape index (κ3) is 8.51. The molecule has 3 aromatic carbocycles. The van der Waals surface area contributed by atoms with E-state index in [1.54, 1.807) is 48.5 Å². The first-order valence-electron chi connectivity index (χ1n) is 11.4. The highest BCUT2D eigenvalue weighted by molar-refractivity contribution is 7.80. The summed E-state index contributed by atoms with van der Waals surface area (Å²) < 4.78 is 10.8. The fourth-order valence-electron chi connectivity index (χ4n) is 3.24. The Labute approximate surface area is 210 Å². The maximum Gasteiger partial charge on any atom is 0.257 e. The molecule has 2 amide bonds. The number of amides is 2. The summed E-state index contributed by atoms with van der Waals surface area (Å²) in [6.07, 6.45) is 0.729. The van der Waals surface area contributed by atoms with Crippen molar-refractivity contribution in [2.24, 2.45) is 0 Å². The van der Waals surface area contributed by atoms with Gasteiger partial charge in [0.1, 0.15) is 12.4 Å². The van der Waals surface area contributed by atoms with E-state index in [4.69, 9.17) is 21.7 Å². The molecule has 0 atom stereocenters. The molecule has 0 aliphatic carbocycles. The van der Waals surface area contributed by atoms with Crippen molar-refractivity contribution in [2.45, 2.75) is 13.3 Å². The molecule has 3 N–H and O–H groups in total. The topological polar surface area (TPSA) is 88.7 Å². The molecular formula is C27H29N3O4S. The number of anilines is 1. The predicted molar refractivity (Wildman–Crippen MR) is 141 cm³/mol. The van der Waals surface area contributed by atoms with E-state index in [1.165, 1.54) is 0 Å². The number of thiocarbonyl (C=S) groups is 1. The lowest BCUT2D eigenvalue weighted by Gasteiger charge is -2.14. The molecule has 0 fully saturated rings. The number of benzene rings is 3. The number of para-hydroxylation sites is 1. The lowest BCUT2D eigenvalue weighted by molar-refractivity contribution is 0.0953. The summed E-state index contributed by atoms with van der Waals surface area (Å²) in [5.74, 6) is 0.0559. The van der Waals surface area contributed by atoms with Crippen LogP contribution in [0.25, 0.3) is 0 Å². The van der Waals surface area contributed by atoms with Crippen molar-refractivity contribution in [3.05, 3.63) is 95.6 Å². The zero-order valence-corrected chi connectivity index (χ0v) is 20.4. The van der Waals surface area contributed by atoms with E-state index < -0.39 is 0 Å². The number of carbonyl (C=O) groups is 2. The summed E-state index contributed by atoms with van der Waals surface area (Å²) >= 11 is 5.30. The molecule has 0 unspecified atom stereocenters. The molecule has 0 radical (unpaired) electrons. The quantitative estimate of drug-likeness (QED) is 0.275. The predicted octanol–water partition coefficient (Wildman–Crippen LogP) is 4.20. The summed E-state index contributed by atoms with van der Waals surface area (Å²) in [5, 5.41) is 8.61. The standard InChI is InChI=1S/C27H29N3O4S/c1-2-33-18-19-34-22-14-12-21(13-15-22)25(31)30-27(35)29-24-11-7-6-10-23(24)26(32)28-17-16-20-8-4-3-5-9-20/h3-15H,2,16-19H2,1H3,(H,28,32)(H2,29,30,31,35). The third-order valence-corrected chi connectivity index (χ3v) is 5.21. The molecule has 8 heteroatoms. The van der Waals surface area contributed by atoms with Crippen LogP contribution in [0.2, 0.25) is 0 Å². The largest absolute Gasteiger partial charge is 0.491 e. The molecule has 3 aromatic rings. The molecular weight excluding hydrogens is 462 g/mol. The van der Waals surface area contributed by atoms with E-state index in [2.05, 4.69) is 16.0 Å². The highest BCUT2D eigenvalue weighted by atomic mass is 32.1. The first kappa shape index (κ1) is 25.9. The van der Waals surface area contributed by atoms with E-state index in [0.29, 0.717) is 48.9 Å². The van der Waals surface area contributed by atoms with Gasteiger partial charge in [0, 0.05) is 18.7 Å². The van der Waals surface area contributed by atoms with Gasteiger partial charge < -0.3 is 20.1 Å². The Bertz CT molecular complexity index is 1120. The molecule has 182 valence electrons. The molecule has 0 saturated heterocycles. The summed E-state index contributed by atoms with van der Waals surface area (Å²) in [5.41, 5.74) is 2.52. The van der Waals surface area contributed by atoms with E-state index in [0.717, 1.165) is 12.0 Å². The number of hydrogen-bond acceptors (Lipinski definition) is 5. The second kappa shape index (κ2) is 13.8. The van der Waals surface area contributed by atoms with E-state index in [9.17, 15) is 9.59 Å². The molecule has 35 heavy (non-hydrogen) atoms. The minimum Gasteiger partial charge on any atom is -0.491 e. The van der Waals surface area contributed by atoms with Gasteiger partial charge in [-0.3, -0.25) is 14.9 Å². The molecule has 0 aliphatic heterocycles. The van der Waals surface area contributed by atoms with Gasteiger partial charge in [0.05, 0.1) is 17.9 Å². The summed E-state index contributed by atoms with van der Waals surface area (Å²) in [4.78, 5) is 25.3. The van der Waals surface area contributed by atoms with Gasteiger partial charge in [0.25, 0.3) is 11.8 Å². The van der Waals surface area contributed by atoms with Crippen molar-refractivity contribution >= 4 is 34.8 Å². The number of ether oxygens (including phenoxy) is 2. The smallest absolute Gasteiger partial charge is 0.257 e. The van der Waals surface area contributed by atoms with Crippen LogP contribution in [0.5, 0.6) is 5.75 Å². The van der Waals surface area contributed by atoms with Gasteiger partial charge in [0.2, 0.25) is 0 Å². The van der Waals surface area contributed by atoms with Crippen molar-refractivity contribution in [1.29, 1.82) is 0 Å². The van der Waals surface area contributed by atoms with Crippen LogP contribution in [0.15, 0.2) is 78.9 Å². The SMILES string of the molecule is CCOCCOc1ccc(C(=O)NC(=S)Nc2ccccc2C(=O)NCCc2ccccc2)cc1. The second-order valence-electron chi connectivity index (χ2n) is 7.52. The minimum atomic E-state index is -0.367. The Kier molecular flexibility index (Phi) is 10.2. The molecule has 0 heterocycles. The zero-order chi connectivity index (χ0) is 24.9. The first-order valence-corrected chi connectivity index (χ1v) is 11.8. The minimum absolute atomic E-state index is 0.0941. The van der Waals surface area contributed by atoms with Crippen LogP contribution >= 0.6 is 12.2 Å². The number of nitrogens with one attached hydrogen (secondary N) is 3. The summed E-state index contributed by atoms with van der Waals surface area (Å²) in [6, 6.07) is 23.7. The van der Waals surface area contributed by atoms with Gasteiger partial charge in [0.15, 0.2) is 5.11 Å². The van der Waals surface area contributed by atoms with Gasteiger partial charge in [-0.2, -0.15) is 0 Å². The van der Waals surface area contributed by atoms with Crippen LogP contribution < -0.4 is 20.7 Å². The fraction of sp³-hybridized carbons (Fsp3) is 0.222. The average Bonchev–Trinajstić information content (AvgIpc) is 2.88. The Morgan fingerprint density at radius 2 is 1.57 bits per heavy atom. The zero-order valence-electron chi connectivity index (χ0n) is 19.6. The highest BCUT2D eigenvalue weighted by Gasteiger charge is 2.13. The average molecular weight is 492 g/mol. The molecule has 0 spiro atoms. The van der Waals surface area contributed by atoms with E-state index in [-0.39, 0.29) is 16.9 Å². The Balaban J connectivity index is 1.51. The number of hydrogen-bond donors (Lipinski definition) is 3. The van der Waals surface area contributed by atoms with Crippen molar-refractivity contribution in [3.8, 4) is 5.75 Å². The lowest BCUT2D eigenvalue weighted by atomic mass is 10.1. The summed E-state index contributed by atoms with van der Waals surface area (Å²) in [7, 11) is 0. The first-order chi connectivity index (χ1) is 17.1. The van der Waals surface area contributed by atoms with Crippen LogP contribution in [-0.4, -0.2) is 43.3 Å². The fourth-order valence-corrected chi connectivity index (χ4v) is 3.45. The van der Waals surface area contributed by atoms with Gasteiger partial charge in [-0.1, -0.05) is 42.5 Å². The van der Waals surface area contributed by atoms with Crippen LogP contribution in [0, 0.1) is 0 Å². The number of carbonyl (C=O) groups excluding carboxylic acids is 2. The van der Waals surface area contributed by atoms with Gasteiger partial charge in [-0.05, 0) is 67.5 Å². The normalized spacial score (nSPS) is 10.3. The maximum atomic E-state index is 12.7. The lowest BCUT2D eigenvalue weighted by Crippen LogP contribution is -2.35. The molecule has 7 nitrogen and oxygen atoms in total. The van der Waals surface area contributed by atoms with Crippen LogP contribution in [0.3, 0.4) is 0 Å². The van der Waals surface area contributed by atoms with Crippen molar-refractivity contribution in [2.75, 3.05) is 31.7 Å². The molecule has 0 bridgehead atoms. The summed E-state index contributed by atoms with van der Waals surface area (Å²) in [6.45, 7) is 4.01. The van der Waals surface area contributed by atoms with Gasteiger partial charge >= 0.3 is 0 Å². The van der Waals surface area contributed by atoms with Crippen LogP contribution in [0.1, 0.15) is 33.2 Å². The van der Waals surface area contributed by atoms with Gasteiger partial charge in [-0.15, -0.1) is 0 Å². The van der Waals surface area contributed by atoms with Crippen molar-refractivity contribution in [3.63, 3.8) is 0 Å². The molecule has 0 aromatic heterocycles. The monoisotopic (exact) mass is 491 g/mol. The molecule has 3 rings (SSSR count). The molecule has 0 aliphatic rings. The van der Waals surface area contributed by atoms with Crippen molar-refractivity contribution in [1.82, 2.24) is 10.6 Å². The van der Waals surface area contributed by atoms with Crippen LogP contribution in [0.4, 0.5) is 5.69 Å². The van der Waals surface area contributed by atoms with Gasteiger partial charge in [-0.25, -0.2) is 0 Å². The Hall–Kier alpha value is -3.75. The number of rotatable bonds is 11. The highest BCUT2D eigenvalue weighted by Crippen LogP contribution is 2.16.